The van der Waals surface area contributed by atoms with E-state index in [4.69, 9.17) is 0 Å². The Morgan fingerprint density at radius 1 is 1.29 bits per heavy atom. The highest BCUT2D eigenvalue weighted by Crippen LogP contribution is 2.37. The van der Waals surface area contributed by atoms with E-state index in [1.54, 1.807) is 17.0 Å². The molecular formula is C18H18FNO3S. The Balaban J connectivity index is 1.82. The van der Waals surface area contributed by atoms with E-state index in [0.29, 0.717) is 19.4 Å². The molecule has 24 heavy (non-hydrogen) atoms. The van der Waals surface area contributed by atoms with Crippen molar-refractivity contribution in [2.45, 2.75) is 25.3 Å². The van der Waals surface area contributed by atoms with E-state index >= 15 is 0 Å². The lowest BCUT2D eigenvalue weighted by Crippen LogP contribution is -2.46. The van der Waals surface area contributed by atoms with Gasteiger partial charge in [0.2, 0.25) is 5.91 Å². The Bertz CT molecular complexity index is 714. The molecule has 2 aromatic rings. The summed E-state index contributed by atoms with van der Waals surface area (Å²) in [5, 5.41) is 13.4. The summed E-state index contributed by atoms with van der Waals surface area (Å²) in [4.78, 5) is 25.7. The molecule has 0 aliphatic carbocycles. The molecule has 1 saturated heterocycles. The van der Waals surface area contributed by atoms with Gasteiger partial charge < -0.3 is 10.0 Å². The molecule has 0 radical (unpaired) electrons. The number of halogens is 1. The first kappa shape index (κ1) is 16.6. The first-order valence-electron chi connectivity index (χ1n) is 7.85. The molecule has 1 N–H and O–H groups in total. The zero-order chi connectivity index (χ0) is 17.1. The van der Waals surface area contributed by atoms with Crippen molar-refractivity contribution in [2.24, 2.45) is 5.92 Å². The maximum Gasteiger partial charge on any atom is 0.308 e. The van der Waals surface area contributed by atoms with Gasteiger partial charge in [-0.05, 0) is 52.9 Å². The largest absolute Gasteiger partial charge is 0.481 e. The number of hydrogen-bond acceptors (Lipinski definition) is 3. The number of piperidine rings is 1. The van der Waals surface area contributed by atoms with Gasteiger partial charge in [0.05, 0.1) is 12.0 Å². The van der Waals surface area contributed by atoms with Crippen molar-refractivity contribution in [1.29, 1.82) is 0 Å². The third-order valence-corrected chi connectivity index (χ3v) is 5.16. The topological polar surface area (TPSA) is 57.6 Å². The third kappa shape index (κ3) is 3.48. The van der Waals surface area contributed by atoms with Crippen LogP contribution in [0.25, 0.3) is 0 Å². The standard InChI is InChI=1S/C18H18FNO3S/c19-14-3-1-12(2-4-14)7-9-20-16(21)6-5-15(18(22)23)17(20)13-8-10-24-11-13/h1-4,8,10-11,15,17H,5-7,9H2,(H,22,23). The molecule has 1 fully saturated rings. The van der Waals surface area contributed by atoms with Crippen LogP contribution < -0.4 is 0 Å². The molecule has 2 heterocycles. The van der Waals surface area contributed by atoms with Crippen molar-refractivity contribution >= 4 is 23.2 Å². The number of hydrogen-bond donors (Lipinski definition) is 1. The Morgan fingerprint density at radius 2 is 2.04 bits per heavy atom. The van der Waals surface area contributed by atoms with Crippen molar-refractivity contribution in [3.8, 4) is 0 Å². The van der Waals surface area contributed by atoms with Gasteiger partial charge in [0.25, 0.3) is 0 Å². The average Bonchev–Trinajstić information content (AvgIpc) is 3.08. The van der Waals surface area contributed by atoms with Crippen LogP contribution in [-0.4, -0.2) is 28.4 Å². The van der Waals surface area contributed by atoms with Gasteiger partial charge in [0.15, 0.2) is 0 Å². The SMILES string of the molecule is O=C(O)C1CCC(=O)N(CCc2ccc(F)cc2)C1c1ccsc1. The first-order chi connectivity index (χ1) is 11.6. The second kappa shape index (κ2) is 7.13. The molecule has 126 valence electrons. The molecule has 2 atom stereocenters. The predicted octanol–water partition coefficient (Wildman–Crippen LogP) is 3.49. The van der Waals surface area contributed by atoms with E-state index in [9.17, 15) is 19.1 Å². The minimum atomic E-state index is -0.870. The second-order valence-electron chi connectivity index (χ2n) is 5.95. The van der Waals surface area contributed by atoms with Crippen LogP contribution in [0, 0.1) is 11.7 Å². The number of aliphatic carboxylic acids is 1. The monoisotopic (exact) mass is 347 g/mol. The molecule has 2 unspecified atom stereocenters. The van der Waals surface area contributed by atoms with Gasteiger partial charge in [0, 0.05) is 13.0 Å². The summed E-state index contributed by atoms with van der Waals surface area (Å²) in [6, 6.07) is 7.62. The fourth-order valence-corrected chi connectivity index (χ4v) is 3.92. The molecule has 1 aliphatic heterocycles. The van der Waals surface area contributed by atoms with Crippen LogP contribution in [-0.2, 0) is 16.0 Å². The van der Waals surface area contributed by atoms with E-state index in [-0.39, 0.29) is 18.1 Å². The van der Waals surface area contributed by atoms with Crippen molar-refractivity contribution < 1.29 is 19.1 Å². The van der Waals surface area contributed by atoms with Gasteiger partial charge >= 0.3 is 5.97 Å². The van der Waals surface area contributed by atoms with Crippen LogP contribution >= 0.6 is 11.3 Å². The summed E-state index contributed by atoms with van der Waals surface area (Å²) in [6.45, 7) is 0.425. The number of nitrogens with zero attached hydrogens (tertiary/aromatic N) is 1. The molecule has 0 saturated carbocycles. The summed E-state index contributed by atoms with van der Waals surface area (Å²) >= 11 is 1.49. The lowest BCUT2D eigenvalue weighted by Gasteiger charge is -2.39. The molecule has 3 rings (SSSR count). The van der Waals surface area contributed by atoms with Gasteiger partial charge in [-0.1, -0.05) is 12.1 Å². The van der Waals surface area contributed by atoms with Gasteiger partial charge in [0.1, 0.15) is 5.82 Å². The van der Waals surface area contributed by atoms with Gasteiger partial charge in [-0.15, -0.1) is 0 Å². The van der Waals surface area contributed by atoms with Crippen molar-refractivity contribution in [2.75, 3.05) is 6.54 Å². The van der Waals surface area contributed by atoms with E-state index in [0.717, 1.165) is 11.1 Å². The minimum absolute atomic E-state index is 0.0224. The van der Waals surface area contributed by atoms with Crippen LogP contribution in [0.2, 0.25) is 0 Å². The maximum atomic E-state index is 13.0. The minimum Gasteiger partial charge on any atom is -0.481 e. The molecular weight excluding hydrogens is 329 g/mol. The second-order valence-corrected chi connectivity index (χ2v) is 6.73. The molecule has 1 amide bonds. The molecule has 4 nitrogen and oxygen atoms in total. The molecule has 1 aromatic heterocycles. The fourth-order valence-electron chi connectivity index (χ4n) is 3.23. The maximum absolute atomic E-state index is 13.0. The highest BCUT2D eigenvalue weighted by Gasteiger charge is 2.40. The summed E-state index contributed by atoms with van der Waals surface area (Å²) in [7, 11) is 0. The number of amides is 1. The van der Waals surface area contributed by atoms with Crippen LogP contribution in [0.5, 0.6) is 0 Å². The summed E-state index contributed by atoms with van der Waals surface area (Å²) in [5.74, 6) is -1.78. The molecule has 1 aliphatic rings. The summed E-state index contributed by atoms with van der Waals surface area (Å²) < 4.78 is 13.0. The zero-order valence-electron chi connectivity index (χ0n) is 13.0. The normalized spacial score (nSPS) is 21.0. The van der Waals surface area contributed by atoms with E-state index in [2.05, 4.69) is 0 Å². The number of likely N-dealkylation sites (tertiary alicyclic amines) is 1. The summed E-state index contributed by atoms with van der Waals surface area (Å²) in [6.07, 6.45) is 1.18. The number of benzene rings is 1. The summed E-state index contributed by atoms with van der Waals surface area (Å²) in [5.41, 5.74) is 1.80. The lowest BCUT2D eigenvalue weighted by atomic mass is 9.85. The van der Waals surface area contributed by atoms with Crippen LogP contribution in [0.1, 0.15) is 30.0 Å². The number of carbonyl (C=O) groups excluding carboxylic acids is 1. The Hall–Kier alpha value is -2.21. The third-order valence-electron chi connectivity index (χ3n) is 4.46. The average molecular weight is 347 g/mol. The molecule has 0 spiro atoms. The first-order valence-corrected chi connectivity index (χ1v) is 8.79. The van der Waals surface area contributed by atoms with Crippen molar-refractivity contribution in [3.63, 3.8) is 0 Å². The Labute approximate surface area is 143 Å². The molecule has 6 heteroatoms. The van der Waals surface area contributed by atoms with E-state index < -0.39 is 17.9 Å². The number of thiophene rings is 1. The quantitative estimate of drug-likeness (QED) is 0.901. The highest BCUT2D eigenvalue weighted by molar-refractivity contribution is 7.08. The number of carboxylic acid groups (broad SMARTS) is 1. The number of rotatable bonds is 5. The smallest absolute Gasteiger partial charge is 0.308 e. The molecule has 1 aromatic carbocycles. The lowest BCUT2D eigenvalue weighted by molar-refractivity contribution is -0.152. The molecule has 0 bridgehead atoms. The van der Waals surface area contributed by atoms with Crippen LogP contribution in [0.3, 0.4) is 0 Å². The van der Waals surface area contributed by atoms with E-state index in [1.807, 2.05) is 16.8 Å². The number of carboxylic acids is 1. The Morgan fingerprint density at radius 3 is 2.67 bits per heavy atom. The van der Waals surface area contributed by atoms with Crippen LogP contribution in [0.4, 0.5) is 4.39 Å². The Kier molecular flexibility index (Phi) is 4.94. The van der Waals surface area contributed by atoms with Crippen molar-refractivity contribution in [3.05, 3.63) is 58.0 Å². The zero-order valence-corrected chi connectivity index (χ0v) is 13.8. The van der Waals surface area contributed by atoms with Crippen molar-refractivity contribution in [1.82, 2.24) is 4.90 Å². The fraction of sp³-hybridized carbons (Fsp3) is 0.333. The van der Waals surface area contributed by atoms with Gasteiger partial charge in [-0.3, -0.25) is 9.59 Å². The number of carbonyl (C=O) groups is 2. The predicted molar refractivity (Wildman–Crippen MR) is 89.2 cm³/mol. The van der Waals surface area contributed by atoms with E-state index in [1.165, 1.54) is 23.5 Å². The van der Waals surface area contributed by atoms with Crippen LogP contribution in [0.15, 0.2) is 41.1 Å². The van der Waals surface area contributed by atoms with Gasteiger partial charge in [-0.2, -0.15) is 11.3 Å². The highest BCUT2D eigenvalue weighted by atomic mass is 32.1. The van der Waals surface area contributed by atoms with Gasteiger partial charge in [-0.25, -0.2) is 4.39 Å².